The van der Waals surface area contributed by atoms with E-state index in [1.807, 2.05) is 40.8 Å². The van der Waals surface area contributed by atoms with Crippen LogP contribution >= 0.6 is 0 Å². The van der Waals surface area contributed by atoms with Crippen molar-refractivity contribution < 1.29 is 14.7 Å². The summed E-state index contributed by atoms with van der Waals surface area (Å²) in [5, 5.41) is 21.5. The molecule has 2 fully saturated rings. The van der Waals surface area contributed by atoms with Gasteiger partial charge in [-0.2, -0.15) is 0 Å². The molecule has 0 bridgehead atoms. The van der Waals surface area contributed by atoms with Gasteiger partial charge in [0.1, 0.15) is 12.1 Å². The summed E-state index contributed by atoms with van der Waals surface area (Å²) in [6.07, 6.45) is 3.65. The Hall–Kier alpha value is -1.96. The number of aliphatic hydroxyl groups excluding tert-OH is 1. The molecule has 2 aliphatic rings. The maximum atomic E-state index is 13.5. The number of amides is 2. The molecule has 0 radical (unpaired) electrons. The van der Waals surface area contributed by atoms with Crippen LogP contribution in [0, 0.1) is 5.41 Å². The lowest BCUT2D eigenvalue weighted by atomic mass is 9.85. The van der Waals surface area contributed by atoms with Crippen LogP contribution in [0.1, 0.15) is 71.5 Å². The highest BCUT2D eigenvalue weighted by molar-refractivity contribution is 5.90. The van der Waals surface area contributed by atoms with Gasteiger partial charge in [-0.15, -0.1) is 5.10 Å². The van der Waals surface area contributed by atoms with Gasteiger partial charge in [0.05, 0.1) is 11.8 Å². The molecule has 1 aliphatic carbocycles. The molecule has 2 unspecified atom stereocenters. The molecule has 1 saturated heterocycles. The van der Waals surface area contributed by atoms with Crippen LogP contribution in [0.5, 0.6) is 0 Å². The zero-order chi connectivity index (χ0) is 19.9. The molecule has 1 aliphatic heterocycles. The molecule has 27 heavy (non-hydrogen) atoms. The van der Waals surface area contributed by atoms with Crippen LogP contribution in [-0.4, -0.2) is 61.5 Å². The fraction of sp³-hybridized carbons (Fsp3) is 0.789. The molecule has 3 rings (SSSR count). The molecule has 8 nitrogen and oxygen atoms in total. The molecule has 2 heterocycles. The van der Waals surface area contributed by atoms with Crippen LogP contribution in [0.15, 0.2) is 6.20 Å². The Morgan fingerprint density at radius 3 is 2.52 bits per heavy atom. The third kappa shape index (κ3) is 4.31. The third-order valence-corrected chi connectivity index (χ3v) is 5.14. The lowest BCUT2D eigenvalue weighted by Crippen LogP contribution is -2.51. The summed E-state index contributed by atoms with van der Waals surface area (Å²) in [4.78, 5) is 27.6. The number of hydrogen-bond acceptors (Lipinski definition) is 5. The second kappa shape index (κ2) is 7.22. The highest BCUT2D eigenvalue weighted by Crippen LogP contribution is 2.40. The quantitative estimate of drug-likeness (QED) is 0.804. The van der Waals surface area contributed by atoms with E-state index in [4.69, 9.17) is 0 Å². The fourth-order valence-corrected chi connectivity index (χ4v) is 3.71. The summed E-state index contributed by atoms with van der Waals surface area (Å²) in [6.45, 7) is 9.84. The van der Waals surface area contributed by atoms with Gasteiger partial charge < -0.3 is 15.3 Å². The molecular formula is C19H31N5O3. The number of hydrogen-bond donors (Lipinski definition) is 2. The highest BCUT2D eigenvalue weighted by Gasteiger charge is 2.45. The van der Waals surface area contributed by atoms with Crippen LogP contribution in [0.25, 0.3) is 0 Å². The van der Waals surface area contributed by atoms with Gasteiger partial charge in [0, 0.05) is 31.1 Å². The number of likely N-dealkylation sites (tertiary alicyclic amines) is 1. The van der Waals surface area contributed by atoms with E-state index in [9.17, 15) is 14.7 Å². The summed E-state index contributed by atoms with van der Waals surface area (Å²) in [5.41, 5.74) is 0.505. The number of β-amino-alcohol motifs (C(OH)–C–C–N with tert-alkyl or cyclic N) is 1. The van der Waals surface area contributed by atoms with Gasteiger partial charge in [-0.3, -0.25) is 9.59 Å². The normalized spacial score (nSPS) is 24.3. The van der Waals surface area contributed by atoms with Crippen molar-refractivity contribution in [3.63, 3.8) is 0 Å². The van der Waals surface area contributed by atoms with Crippen molar-refractivity contribution in [3.05, 3.63) is 11.9 Å². The van der Waals surface area contributed by atoms with Crippen molar-refractivity contribution >= 4 is 11.8 Å². The molecule has 2 N–H and O–H groups in total. The SMILES string of the molecule is CC(C)NC(=O)[C@@H]1CC(O)CN1C(=O)C(n1cc(C2CC2)nn1)C(C)(C)C. The van der Waals surface area contributed by atoms with Gasteiger partial charge in [0.15, 0.2) is 0 Å². The van der Waals surface area contributed by atoms with E-state index in [-0.39, 0.29) is 30.8 Å². The number of aromatic nitrogens is 3. The molecule has 3 atom stereocenters. The van der Waals surface area contributed by atoms with Crippen molar-refractivity contribution in [1.82, 2.24) is 25.2 Å². The monoisotopic (exact) mass is 377 g/mol. The minimum absolute atomic E-state index is 0.0259. The topological polar surface area (TPSA) is 100 Å². The predicted octanol–water partition coefficient (Wildman–Crippen LogP) is 1.23. The molecule has 0 aromatic carbocycles. The Bertz CT molecular complexity index is 704. The van der Waals surface area contributed by atoms with E-state index in [1.54, 1.807) is 4.68 Å². The lowest BCUT2D eigenvalue weighted by Gasteiger charge is -2.34. The summed E-state index contributed by atoms with van der Waals surface area (Å²) in [5.74, 6) is 0.0302. The van der Waals surface area contributed by atoms with Crippen LogP contribution in [0.4, 0.5) is 0 Å². The molecule has 0 spiro atoms. The zero-order valence-corrected chi connectivity index (χ0v) is 16.8. The second-order valence-corrected chi connectivity index (χ2v) is 9.23. The average molecular weight is 377 g/mol. The minimum atomic E-state index is -0.699. The van der Waals surface area contributed by atoms with E-state index in [1.165, 1.54) is 4.90 Å². The Morgan fingerprint density at radius 2 is 1.96 bits per heavy atom. The summed E-state index contributed by atoms with van der Waals surface area (Å²) in [7, 11) is 0. The first-order chi connectivity index (χ1) is 12.6. The maximum Gasteiger partial charge on any atom is 0.248 e. The van der Waals surface area contributed by atoms with Crippen LogP contribution < -0.4 is 5.32 Å². The molecule has 150 valence electrons. The standard InChI is InChI=1S/C19H31N5O3/c1-11(2)20-17(26)15-8-13(25)9-23(15)18(27)16(19(3,4)5)24-10-14(21-22-24)12-6-7-12/h10-13,15-16,25H,6-9H2,1-5H3,(H,20,26)/t13?,15-,16?/m0/s1. The Kier molecular flexibility index (Phi) is 5.29. The van der Waals surface area contributed by atoms with Crippen LogP contribution in [-0.2, 0) is 9.59 Å². The van der Waals surface area contributed by atoms with Crippen molar-refractivity contribution in [3.8, 4) is 0 Å². The summed E-state index contributed by atoms with van der Waals surface area (Å²) in [6, 6.07) is -1.27. The number of nitrogens with one attached hydrogen (secondary N) is 1. The van der Waals surface area contributed by atoms with Crippen molar-refractivity contribution in [1.29, 1.82) is 0 Å². The number of nitrogens with zero attached hydrogens (tertiary/aromatic N) is 4. The first-order valence-corrected chi connectivity index (χ1v) is 9.78. The zero-order valence-electron chi connectivity index (χ0n) is 16.8. The van der Waals surface area contributed by atoms with E-state index in [0.29, 0.717) is 5.92 Å². The van der Waals surface area contributed by atoms with E-state index in [0.717, 1.165) is 18.5 Å². The molecule has 8 heteroatoms. The fourth-order valence-electron chi connectivity index (χ4n) is 3.71. The lowest BCUT2D eigenvalue weighted by molar-refractivity contribution is -0.144. The first kappa shape index (κ1) is 19.8. The van der Waals surface area contributed by atoms with E-state index >= 15 is 0 Å². The molecule has 1 saturated carbocycles. The molecule has 1 aromatic rings. The van der Waals surface area contributed by atoms with Gasteiger partial charge >= 0.3 is 0 Å². The number of aliphatic hydroxyl groups is 1. The van der Waals surface area contributed by atoms with Crippen molar-refractivity contribution in [2.75, 3.05) is 6.54 Å². The van der Waals surface area contributed by atoms with Crippen LogP contribution in [0.3, 0.4) is 0 Å². The van der Waals surface area contributed by atoms with Gasteiger partial charge in [0.2, 0.25) is 11.8 Å². The van der Waals surface area contributed by atoms with Crippen molar-refractivity contribution in [2.45, 2.75) is 84.0 Å². The van der Waals surface area contributed by atoms with E-state index in [2.05, 4.69) is 15.6 Å². The van der Waals surface area contributed by atoms with Gasteiger partial charge in [-0.25, -0.2) is 4.68 Å². The second-order valence-electron chi connectivity index (χ2n) is 9.23. The third-order valence-electron chi connectivity index (χ3n) is 5.14. The van der Waals surface area contributed by atoms with Gasteiger partial charge in [-0.05, 0) is 32.1 Å². The highest BCUT2D eigenvalue weighted by atomic mass is 16.3. The summed E-state index contributed by atoms with van der Waals surface area (Å²) >= 11 is 0. The number of carbonyl (C=O) groups excluding carboxylic acids is 2. The van der Waals surface area contributed by atoms with Gasteiger partial charge in [0.25, 0.3) is 0 Å². The Morgan fingerprint density at radius 1 is 1.30 bits per heavy atom. The smallest absolute Gasteiger partial charge is 0.248 e. The maximum absolute atomic E-state index is 13.5. The Labute approximate surface area is 160 Å². The average Bonchev–Trinajstić information content (AvgIpc) is 3.14. The molecule has 2 amide bonds. The van der Waals surface area contributed by atoms with Crippen molar-refractivity contribution in [2.24, 2.45) is 5.41 Å². The van der Waals surface area contributed by atoms with Gasteiger partial charge in [-0.1, -0.05) is 26.0 Å². The number of rotatable bonds is 5. The number of carbonyl (C=O) groups is 2. The minimum Gasteiger partial charge on any atom is -0.391 e. The largest absolute Gasteiger partial charge is 0.391 e. The molecular weight excluding hydrogens is 346 g/mol. The first-order valence-electron chi connectivity index (χ1n) is 9.78. The summed E-state index contributed by atoms with van der Waals surface area (Å²) < 4.78 is 1.64. The van der Waals surface area contributed by atoms with Crippen LogP contribution in [0.2, 0.25) is 0 Å². The predicted molar refractivity (Wildman–Crippen MR) is 99.9 cm³/mol. The molecule has 1 aromatic heterocycles. The Balaban J connectivity index is 1.86. The van der Waals surface area contributed by atoms with E-state index < -0.39 is 23.6 Å².